The molecule has 27 heavy (non-hydrogen) atoms. The second-order valence-corrected chi connectivity index (χ2v) is 8.99. The minimum absolute atomic E-state index is 0.0384. The number of nitrogens with zero attached hydrogens (tertiary/aromatic N) is 4. The monoisotopic (exact) mass is 392 g/mol. The maximum absolute atomic E-state index is 12.4. The van der Waals surface area contributed by atoms with Crippen LogP contribution in [0, 0.1) is 0 Å². The van der Waals surface area contributed by atoms with Crippen LogP contribution in [0.5, 0.6) is 0 Å². The van der Waals surface area contributed by atoms with Gasteiger partial charge in [-0.05, 0) is 31.5 Å². The summed E-state index contributed by atoms with van der Waals surface area (Å²) < 4.78 is 31.8. The van der Waals surface area contributed by atoms with Gasteiger partial charge in [-0.1, -0.05) is 19.4 Å². The highest BCUT2D eigenvalue weighted by atomic mass is 32.2. The number of ether oxygens (including phenoxy) is 1. The third kappa shape index (κ3) is 4.56. The number of pyridine rings is 1. The van der Waals surface area contributed by atoms with E-state index in [1.165, 1.54) is 6.42 Å². The third-order valence-corrected chi connectivity index (χ3v) is 6.73. The number of aromatic nitrogens is 3. The van der Waals surface area contributed by atoms with E-state index < -0.39 is 9.84 Å². The molecule has 148 valence electrons. The highest BCUT2D eigenvalue weighted by molar-refractivity contribution is 7.91. The first-order valence-corrected chi connectivity index (χ1v) is 11.1. The lowest BCUT2D eigenvalue weighted by atomic mass is 9.98. The Labute approximate surface area is 161 Å². The Bertz CT molecular complexity index is 836. The smallest absolute Gasteiger partial charge is 0.227 e. The molecule has 2 aromatic rings. The second-order valence-electron chi connectivity index (χ2n) is 6.82. The Morgan fingerprint density at radius 2 is 2.11 bits per heavy atom. The zero-order valence-corrected chi connectivity index (χ0v) is 16.9. The van der Waals surface area contributed by atoms with E-state index in [2.05, 4.69) is 20.9 Å². The van der Waals surface area contributed by atoms with Crippen molar-refractivity contribution >= 4 is 9.84 Å². The Morgan fingerprint density at radius 1 is 1.26 bits per heavy atom. The van der Waals surface area contributed by atoms with Crippen molar-refractivity contribution in [2.24, 2.45) is 0 Å². The summed E-state index contributed by atoms with van der Waals surface area (Å²) >= 11 is 0. The van der Waals surface area contributed by atoms with Crippen LogP contribution in [0.15, 0.2) is 35.7 Å². The molecule has 0 amide bonds. The van der Waals surface area contributed by atoms with Crippen molar-refractivity contribution in [1.82, 2.24) is 19.4 Å². The molecule has 0 radical (unpaired) electrons. The molecule has 0 saturated carbocycles. The Morgan fingerprint density at radius 3 is 2.81 bits per heavy atom. The fourth-order valence-electron chi connectivity index (χ4n) is 3.61. The largest absolute Gasteiger partial charge is 0.383 e. The van der Waals surface area contributed by atoms with Crippen molar-refractivity contribution in [1.29, 1.82) is 0 Å². The van der Waals surface area contributed by atoms with E-state index >= 15 is 0 Å². The zero-order chi connectivity index (χ0) is 19.3. The van der Waals surface area contributed by atoms with E-state index in [0.717, 1.165) is 30.8 Å². The number of hydrogen-bond acceptors (Lipinski definition) is 6. The molecule has 0 aliphatic carbocycles. The third-order valence-electron chi connectivity index (χ3n) is 5.09. The number of likely N-dealkylation sites (tertiary alicyclic amines) is 1. The van der Waals surface area contributed by atoms with Gasteiger partial charge in [0.05, 0.1) is 36.0 Å². The SMILES string of the molecule is CCS(=O)(=O)c1ncc(CN2CCCCC2c2ccccn2)n1CCOC. The molecule has 2 aromatic heterocycles. The summed E-state index contributed by atoms with van der Waals surface area (Å²) in [4.78, 5) is 11.2. The van der Waals surface area contributed by atoms with E-state index in [9.17, 15) is 8.42 Å². The van der Waals surface area contributed by atoms with Gasteiger partial charge in [-0.2, -0.15) is 0 Å². The Balaban J connectivity index is 1.89. The lowest BCUT2D eigenvalue weighted by Crippen LogP contribution is -2.34. The first-order valence-electron chi connectivity index (χ1n) is 9.48. The van der Waals surface area contributed by atoms with Gasteiger partial charge in [0.15, 0.2) is 0 Å². The summed E-state index contributed by atoms with van der Waals surface area (Å²) in [7, 11) is -1.76. The Hall–Kier alpha value is -1.77. The van der Waals surface area contributed by atoms with Gasteiger partial charge < -0.3 is 9.30 Å². The Kier molecular flexibility index (Phi) is 6.62. The van der Waals surface area contributed by atoms with Crippen LogP contribution < -0.4 is 0 Å². The van der Waals surface area contributed by atoms with Gasteiger partial charge in [0.2, 0.25) is 15.0 Å². The van der Waals surface area contributed by atoms with Crippen LogP contribution in [-0.2, 0) is 27.7 Å². The minimum Gasteiger partial charge on any atom is -0.383 e. The standard InChI is InChI=1S/C19H28N4O3S/c1-3-27(24,25)19-21-14-16(23(19)12-13-26-2)15-22-11-7-5-9-18(22)17-8-4-6-10-20-17/h4,6,8,10,14,18H,3,5,7,9,11-13,15H2,1-2H3. The van der Waals surface area contributed by atoms with Gasteiger partial charge in [-0.3, -0.25) is 9.88 Å². The van der Waals surface area contributed by atoms with Crippen molar-refractivity contribution in [3.63, 3.8) is 0 Å². The van der Waals surface area contributed by atoms with Gasteiger partial charge in [-0.25, -0.2) is 13.4 Å². The summed E-state index contributed by atoms with van der Waals surface area (Å²) in [6.07, 6.45) is 6.90. The lowest BCUT2D eigenvalue weighted by molar-refractivity contribution is 0.131. The van der Waals surface area contributed by atoms with E-state index in [0.29, 0.717) is 19.7 Å². The van der Waals surface area contributed by atoms with E-state index in [-0.39, 0.29) is 17.0 Å². The lowest BCUT2D eigenvalue weighted by Gasteiger charge is -2.35. The quantitative estimate of drug-likeness (QED) is 0.687. The van der Waals surface area contributed by atoms with Gasteiger partial charge in [-0.15, -0.1) is 0 Å². The number of imidazole rings is 1. The topological polar surface area (TPSA) is 77.3 Å². The van der Waals surface area contributed by atoms with Crippen LogP contribution >= 0.6 is 0 Å². The van der Waals surface area contributed by atoms with E-state index in [1.54, 1.807) is 24.8 Å². The van der Waals surface area contributed by atoms with Crippen molar-refractivity contribution in [2.45, 2.75) is 50.5 Å². The minimum atomic E-state index is -3.38. The average Bonchev–Trinajstić information content (AvgIpc) is 3.10. The van der Waals surface area contributed by atoms with Crippen LogP contribution in [0.3, 0.4) is 0 Å². The number of rotatable bonds is 8. The van der Waals surface area contributed by atoms with Crippen molar-refractivity contribution in [3.8, 4) is 0 Å². The molecular formula is C19H28N4O3S. The first kappa shape index (κ1) is 20.0. The molecule has 0 N–H and O–H groups in total. The maximum atomic E-state index is 12.4. The van der Waals surface area contributed by atoms with Crippen LogP contribution in [-0.4, -0.2) is 53.9 Å². The fourth-order valence-corrected chi connectivity index (χ4v) is 4.63. The molecule has 1 aliphatic rings. The molecule has 1 saturated heterocycles. The highest BCUT2D eigenvalue weighted by Gasteiger charge is 2.28. The number of hydrogen-bond donors (Lipinski definition) is 0. The molecule has 7 nitrogen and oxygen atoms in total. The van der Waals surface area contributed by atoms with Gasteiger partial charge in [0, 0.05) is 26.4 Å². The predicted molar refractivity (Wildman–Crippen MR) is 103 cm³/mol. The molecule has 3 rings (SSSR count). The highest BCUT2D eigenvalue weighted by Crippen LogP contribution is 2.31. The van der Waals surface area contributed by atoms with Crippen molar-refractivity contribution in [3.05, 3.63) is 42.0 Å². The van der Waals surface area contributed by atoms with Crippen LogP contribution in [0.1, 0.15) is 43.6 Å². The summed E-state index contributed by atoms with van der Waals surface area (Å²) in [6, 6.07) is 6.26. The van der Waals surface area contributed by atoms with Gasteiger partial charge >= 0.3 is 0 Å². The summed E-state index contributed by atoms with van der Waals surface area (Å²) in [6.45, 7) is 4.18. The number of methoxy groups -OCH3 is 1. The van der Waals surface area contributed by atoms with Crippen LogP contribution in [0.2, 0.25) is 0 Å². The van der Waals surface area contributed by atoms with E-state index in [1.807, 2.05) is 18.3 Å². The molecule has 0 bridgehead atoms. The molecular weight excluding hydrogens is 364 g/mol. The molecule has 1 aliphatic heterocycles. The normalized spacial score (nSPS) is 18.7. The molecule has 3 heterocycles. The average molecular weight is 393 g/mol. The zero-order valence-electron chi connectivity index (χ0n) is 16.0. The maximum Gasteiger partial charge on any atom is 0.227 e. The summed E-state index contributed by atoms with van der Waals surface area (Å²) in [5, 5.41) is 0.142. The van der Waals surface area contributed by atoms with Crippen LogP contribution in [0.25, 0.3) is 0 Å². The number of sulfone groups is 1. The van der Waals surface area contributed by atoms with Crippen molar-refractivity contribution in [2.75, 3.05) is 26.0 Å². The molecule has 1 atom stereocenters. The molecule has 8 heteroatoms. The van der Waals surface area contributed by atoms with Gasteiger partial charge in [0.1, 0.15) is 0 Å². The van der Waals surface area contributed by atoms with Crippen LogP contribution in [0.4, 0.5) is 0 Å². The predicted octanol–water partition coefficient (Wildman–Crippen LogP) is 2.45. The number of piperidine rings is 1. The molecule has 1 fully saturated rings. The molecule has 0 aromatic carbocycles. The summed E-state index contributed by atoms with van der Waals surface area (Å²) in [5.74, 6) is 0.0384. The van der Waals surface area contributed by atoms with Crippen molar-refractivity contribution < 1.29 is 13.2 Å². The summed E-state index contributed by atoms with van der Waals surface area (Å²) in [5.41, 5.74) is 1.98. The first-order chi connectivity index (χ1) is 13.1. The van der Waals surface area contributed by atoms with E-state index in [4.69, 9.17) is 4.74 Å². The fraction of sp³-hybridized carbons (Fsp3) is 0.579. The molecule has 0 spiro atoms. The van der Waals surface area contributed by atoms with Gasteiger partial charge in [0.25, 0.3) is 0 Å². The second kappa shape index (κ2) is 8.95. The molecule has 1 unspecified atom stereocenters.